The molecule has 0 spiro atoms. The van der Waals surface area contributed by atoms with Crippen molar-refractivity contribution < 1.29 is 27.1 Å². The fraction of sp³-hybridized carbons (Fsp3) is 0.458. The molecule has 1 fully saturated rings. The minimum absolute atomic E-state index is 0.213. The zero-order chi connectivity index (χ0) is 24.0. The molecule has 0 aliphatic carbocycles. The maximum atomic E-state index is 13.3. The van der Waals surface area contributed by atoms with Crippen LogP contribution >= 0.6 is 0 Å². The van der Waals surface area contributed by atoms with Crippen LogP contribution in [0.1, 0.15) is 21.5 Å². The van der Waals surface area contributed by atoms with Gasteiger partial charge < -0.3 is 14.5 Å². The molecule has 9 heteroatoms. The van der Waals surface area contributed by atoms with Crippen molar-refractivity contribution in [2.75, 3.05) is 53.4 Å². The summed E-state index contributed by atoms with van der Waals surface area (Å²) in [6.45, 7) is 3.33. The van der Waals surface area contributed by atoms with E-state index in [1.165, 1.54) is 36.4 Å². The first-order valence-electron chi connectivity index (χ1n) is 10.8. The lowest BCUT2D eigenvalue weighted by Gasteiger charge is -2.36. The van der Waals surface area contributed by atoms with Gasteiger partial charge in [-0.25, -0.2) is 4.39 Å². The predicted octanol–water partition coefficient (Wildman–Crippen LogP) is 3.75. The zero-order valence-corrected chi connectivity index (χ0v) is 18.8. The highest BCUT2D eigenvalue weighted by Gasteiger charge is 2.31. The van der Waals surface area contributed by atoms with Crippen LogP contribution in [-0.2, 0) is 17.5 Å². The van der Waals surface area contributed by atoms with Crippen LogP contribution in [0.4, 0.5) is 17.6 Å². The van der Waals surface area contributed by atoms with E-state index in [0.717, 1.165) is 6.07 Å². The van der Waals surface area contributed by atoms with E-state index in [-0.39, 0.29) is 12.0 Å². The Balaban J connectivity index is 1.66. The first-order valence-corrected chi connectivity index (χ1v) is 10.8. The Kier molecular flexibility index (Phi) is 8.45. The maximum Gasteiger partial charge on any atom is 0.416 e. The van der Waals surface area contributed by atoms with Crippen LogP contribution in [0.15, 0.2) is 48.5 Å². The molecule has 2 aromatic carbocycles. The molecule has 3 rings (SSSR count). The molecular formula is C24H29F4N3O2. The van der Waals surface area contributed by atoms with Crippen molar-refractivity contribution in [2.24, 2.45) is 0 Å². The van der Waals surface area contributed by atoms with E-state index in [9.17, 15) is 22.4 Å². The Morgan fingerprint density at radius 2 is 1.85 bits per heavy atom. The Labute approximate surface area is 191 Å². The molecule has 1 aliphatic rings. The fourth-order valence-corrected chi connectivity index (χ4v) is 3.76. The molecule has 1 unspecified atom stereocenters. The highest BCUT2D eigenvalue weighted by atomic mass is 19.4. The van der Waals surface area contributed by atoms with Crippen molar-refractivity contribution in [1.29, 1.82) is 0 Å². The average molecular weight is 468 g/mol. The van der Waals surface area contributed by atoms with Gasteiger partial charge in [-0.3, -0.25) is 9.69 Å². The molecule has 5 nitrogen and oxygen atoms in total. The van der Waals surface area contributed by atoms with Crippen LogP contribution in [0.25, 0.3) is 0 Å². The van der Waals surface area contributed by atoms with Crippen LogP contribution in [0.5, 0.6) is 0 Å². The van der Waals surface area contributed by atoms with Crippen LogP contribution in [0.3, 0.4) is 0 Å². The van der Waals surface area contributed by atoms with Crippen molar-refractivity contribution in [2.45, 2.75) is 18.8 Å². The first-order chi connectivity index (χ1) is 15.6. The fourth-order valence-electron chi connectivity index (χ4n) is 3.76. The zero-order valence-electron chi connectivity index (χ0n) is 18.8. The van der Waals surface area contributed by atoms with E-state index in [4.69, 9.17) is 4.74 Å². The number of halogens is 4. The number of benzene rings is 2. The number of hydrogen-bond donors (Lipinski definition) is 0. The summed E-state index contributed by atoms with van der Waals surface area (Å²) in [6.07, 6.45) is -4.66. The van der Waals surface area contributed by atoms with Crippen molar-refractivity contribution in [3.05, 3.63) is 71.0 Å². The normalized spacial score (nSPS) is 17.4. The lowest BCUT2D eigenvalue weighted by atomic mass is 10.1. The molecule has 0 aromatic heterocycles. The minimum atomic E-state index is -4.38. The maximum absolute atomic E-state index is 13.3. The predicted molar refractivity (Wildman–Crippen MR) is 117 cm³/mol. The third-order valence-electron chi connectivity index (χ3n) is 5.50. The van der Waals surface area contributed by atoms with Crippen molar-refractivity contribution in [3.63, 3.8) is 0 Å². The summed E-state index contributed by atoms with van der Waals surface area (Å²) in [4.78, 5) is 18.7. The molecule has 2 aromatic rings. The summed E-state index contributed by atoms with van der Waals surface area (Å²) >= 11 is 0. The Morgan fingerprint density at radius 1 is 1.12 bits per heavy atom. The second-order valence-electron chi connectivity index (χ2n) is 8.49. The second kappa shape index (κ2) is 11.1. The van der Waals surface area contributed by atoms with Crippen LogP contribution in [0, 0.1) is 5.82 Å². The molecule has 1 aliphatic heterocycles. The van der Waals surface area contributed by atoms with E-state index in [1.807, 2.05) is 23.9 Å². The largest absolute Gasteiger partial charge is 0.416 e. The highest BCUT2D eigenvalue weighted by Crippen LogP contribution is 2.30. The van der Waals surface area contributed by atoms with Gasteiger partial charge in [0.05, 0.1) is 18.3 Å². The topological polar surface area (TPSA) is 36.0 Å². The average Bonchev–Trinajstić information content (AvgIpc) is 2.76. The molecule has 1 heterocycles. The van der Waals surface area contributed by atoms with Crippen LogP contribution in [0.2, 0.25) is 0 Å². The quantitative estimate of drug-likeness (QED) is 0.554. The van der Waals surface area contributed by atoms with E-state index in [1.54, 1.807) is 11.0 Å². The summed E-state index contributed by atoms with van der Waals surface area (Å²) in [7, 11) is 3.82. The highest BCUT2D eigenvalue weighted by molar-refractivity contribution is 5.94. The van der Waals surface area contributed by atoms with Crippen LogP contribution < -0.4 is 0 Å². The van der Waals surface area contributed by atoms with Crippen molar-refractivity contribution in [3.8, 4) is 0 Å². The van der Waals surface area contributed by atoms with E-state index in [0.29, 0.717) is 57.0 Å². The van der Waals surface area contributed by atoms with Gasteiger partial charge in [-0.05, 0) is 50.0 Å². The Morgan fingerprint density at radius 3 is 2.52 bits per heavy atom. The summed E-state index contributed by atoms with van der Waals surface area (Å²) in [5.41, 5.74) is 0.314. The van der Waals surface area contributed by atoms with Crippen molar-refractivity contribution >= 4 is 5.91 Å². The number of morpholine rings is 1. The van der Waals surface area contributed by atoms with Gasteiger partial charge in [-0.15, -0.1) is 0 Å². The number of rotatable bonds is 8. The van der Waals surface area contributed by atoms with Crippen LogP contribution in [-0.4, -0.2) is 80.1 Å². The van der Waals surface area contributed by atoms with Gasteiger partial charge in [-0.2, -0.15) is 13.2 Å². The van der Waals surface area contributed by atoms with Gasteiger partial charge in [0, 0.05) is 44.8 Å². The van der Waals surface area contributed by atoms with E-state index < -0.39 is 17.6 Å². The first kappa shape index (κ1) is 25.1. The Bertz CT molecular complexity index is 919. The van der Waals surface area contributed by atoms with Gasteiger partial charge in [0.1, 0.15) is 5.82 Å². The smallest absolute Gasteiger partial charge is 0.374 e. The third-order valence-corrected chi connectivity index (χ3v) is 5.50. The number of hydrogen-bond acceptors (Lipinski definition) is 4. The third kappa shape index (κ3) is 7.52. The second-order valence-corrected chi connectivity index (χ2v) is 8.49. The monoisotopic (exact) mass is 467 g/mol. The van der Waals surface area contributed by atoms with Crippen molar-refractivity contribution in [1.82, 2.24) is 14.7 Å². The number of nitrogens with zero attached hydrogens (tertiary/aromatic N) is 3. The SMILES string of the molecule is CN(C)CCN(CC1CN(Cc2cccc(C(F)(F)F)c2)CCO1)C(=O)c1ccc(F)cc1. The molecule has 0 saturated carbocycles. The lowest BCUT2D eigenvalue weighted by Crippen LogP contribution is -2.49. The molecule has 1 saturated heterocycles. The van der Waals surface area contributed by atoms with Gasteiger partial charge in [0.15, 0.2) is 0 Å². The van der Waals surface area contributed by atoms with E-state index in [2.05, 4.69) is 0 Å². The number of amides is 1. The van der Waals surface area contributed by atoms with Gasteiger partial charge in [-0.1, -0.05) is 18.2 Å². The summed E-state index contributed by atoms with van der Waals surface area (Å²) in [6, 6.07) is 10.8. The minimum Gasteiger partial charge on any atom is -0.374 e. The molecule has 1 atom stereocenters. The van der Waals surface area contributed by atoms with Gasteiger partial charge >= 0.3 is 6.18 Å². The lowest BCUT2D eigenvalue weighted by molar-refractivity contribution is -0.137. The summed E-state index contributed by atoms with van der Waals surface area (Å²) < 4.78 is 58.2. The molecule has 180 valence electrons. The van der Waals surface area contributed by atoms with E-state index >= 15 is 0 Å². The molecule has 0 bridgehead atoms. The number of carbonyl (C=O) groups is 1. The molecule has 1 amide bonds. The van der Waals surface area contributed by atoms with Gasteiger partial charge in [0.25, 0.3) is 5.91 Å². The number of carbonyl (C=O) groups excluding carboxylic acids is 1. The summed E-state index contributed by atoms with van der Waals surface area (Å²) in [5, 5.41) is 0. The molecule has 0 N–H and O–H groups in total. The molecule has 33 heavy (non-hydrogen) atoms. The number of likely N-dealkylation sites (N-methyl/N-ethyl adjacent to an activating group) is 1. The Hall–Kier alpha value is -2.49. The molecule has 0 radical (unpaired) electrons. The van der Waals surface area contributed by atoms with Gasteiger partial charge in [0.2, 0.25) is 0 Å². The number of alkyl halides is 3. The summed E-state index contributed by atoms with van der Waals surface area (Å²) in [5.74, 6) is -0.623. The standard InChI is InChI=1S/C24H29F4N3O2/c1-29(2)10-11-31(23(32)19-6-8-21(25)9-7-19)17-22-16-30(12-13-33-22)15-18-4-3-5-20(14-18)24(26,27)28/h3-9,14,22H,10-13,15-17H2,1-2H3. The molecular weight excluding hydrogens is 438 g/mol. The number of ether oxygens (including phenoxy) is 1.